The Labute approximate surface area is 221 Å². The predicted molar refractivity (Wildman–Crippen MR) is 131 cm³/mol. The second-order valence-electron chi connectivity index (χ2n) is 10.6. The SMILES string of the molecule is Cn1cnnc1C(CC(F)(F)F)c1cccc(N2Cc3c(cc(CNC4(C)CCC4)cc3C(F)(F)F)C2=O)c1. The van der Waals surface area contributed by atoms with Crippen molar-refractivity contribution in [2.24, 2.45) is 7.05 Å². The van der Waals surface area contributed by atoms with E-state index in [-0.39, 0.29) is 46.8 Å². The molecule has 1 N–H and O–H groups in total. The van der Waals surface area contributed by atoms with Crippen molar-refractivity contribution >= 4 is 11.6 Å². The van der Waals surface area contributed by atoms with Crippen molar-refractivity contribution in [3.63, 3.8) is 0 Å². The molecule has 12 heteroatoms. The maximum absolute atomic E-state index is 14.1. The quantitative estimate of drug-likeness (QED) is 0.360. The minimum absolute atomic E-state index is 0.0501. The van der Waals surface area contributed by atoms with Gasteiger partial charge in [-0.2, -0.15) is 26.3 Å². The summed E-state index contributed by atoms with van der Waals surface area (Å²) in [6.45, 7) is 1.86. The number of carbonyl (C=O) groups excluding carboxylic acids is 1. The predicted octanol–water partition coefficient (Wildman–Crippen LogP) is 6.11. The number of aromatic nitrogens is 3. The number of rotatable bonds is 7. The maximum Gasteiger partial charge on any atom is 0.416 e. The van der Waals surface area contributed by atoms with Crippen molar-refractivity contribution in [1.29, 1.82) is 0 Å². The van der Waals surface area contributed by atoms with Gasteiger partial charge in [-0.1, -0.05) is 12.1 Å². The smallest absolute Gasteiger partial charge is 0.320 e. The lowest BCUT2D eigenvalue weighted by molar-refractivity contribution is -0.138. The van der Waals surface area contributed by atoms with Crippen LogP contribution in [0.2, 0.25) is 0 Å². The number of halogens is 6. The van der Waals surface area contributed by atoms with Gasteiger partial charge in [0.25, 0.3) is 5.91 Å². The summed E-state index contributed by atoms with van der Waals surface area (Å²) < 4.78 is 84.1. The topological polar surface area (TPSA) is 63.1 Å². The first-order valence-corrected chi connectivity index (χ1v) is 12.5. The van der Waals surface area contributed by atoms with Crippen LogP contribution in [-0.4, -0.2) is 32.4 Å². The Morgan fingerprint density at radius 2 is 1.85 bits per heavy atom. The molecule has 0 spiro atoms. The number of amides is 1. The minimum Gasteiger partial charge on any atom is -0.320 e. The summed E-state index contributed by atoms with van der Waals surface area (Å²) in [7, 11) is 1.53. The van der Waals surface area contributed by atoms with E-state index in [2.05, 4.69) is 15.5 Å². The molecule has 1 aliphatic carbocycles. The van der Waals surface area contributed by atoms with E-state index in [0.29, 0.717) is 5.56 Å². The number of anilines is 1. The average molecular weight is 552 g/mol. The molecule has 6 nitrogen and oxygen atoms in total. The molecular formula is C27H27F6N5O. The molecule has 2 aromatic carbocycles. The first kappa shape index (κ1) is 27.2. The van der Waals surface area contributed by atoms with Crippen molar-refractivity contribution in [3.05, 3.63) is 76.4 Å². The summed E-state index contributed by atoms with van der Waals surface area (Å²) in [5.74, 6) is -1.76. The lowest BCUT2D eigenvalue weighted by Crippen LogP contribution is -2.47. The molecule has 1 unspecified atom stereocenters. The van der Waals surface area contributed by atoms with Gasteiger partial charge in [0, 0.05) is 30.4 Å². The van der Waals surface area contributed by atoms with E-state index in [1.165, 1.54) is 53.2 Å². The fourth-order valence-corrected chi connectivity index (χ4v) is 5.34. The zero-order chi connectivity index (χ0) is 28.2. The second-order valence-corrected chi connectivity index (χ2v) is 10.6. The van der Waals surface area contributed by atoms with Gasteiger partial charge < -0.3 is 14.8 Å². The Bertz CT molecular complexity index is 1390. The minimum atomic E-state index is -4.68. The molecule has 0 bridgehead atoms. The van der Waals surface area contributed by atoms with Crippen LogP contribution in [0.25, 0.3) is 0 Å². The number of alkyl halides is 6. The fourth-order valence-electron chi connectivity index (χ4n) is 5.34. The van der Waals surface area contributed by atoms with Crippen LogP contribution in [0.5, 0.6) is 0 Å². The largest absolute Gasteiger partial charge is 0.416 e. The van der Waals surface area contributed by atoms with Crippen LogP contribution in [0.4, 0.5) is 32.0 Å². The molecule has 1 fully saturated rings. The normalized spacial score (nSPS) is 17.7. The summed E-state index contributed by atoms with van der Waals surface area (Å²) in [6, 6.07) is 8.43. The molecule has 1 amide bonds. The van der Waals surface area contributed by atoms with Crippen molar-refractivity contribution in [1.82, 2.24) is 20.1 Å². The first-order valence-electron chi connectivity index (χ1n) is 12.5. The van der Waals surface area contributed by atoms with Gasteiger partial charge in [0.15, 0.2) is 0 Å². The number of aryl methyl sites for hydroxylation is 1. The number of nitrogens with zero attached hydrogens (tertiary/aromatic N) is 4. The molecule has 208 valence electrons. The highest BCUT2D eigenvalue weighted by Gasteiger charge is 2.41. The summed E-state index contributed by atoms with van der Waals surface area (Å²) in [5, 5.41) is 10.8. The van der Waals surface area contributed by atoms with E-state index < -0.39 is 36.2 Å². The molecule has 0 radical (unpaired) electrons. The van der Waals surface area contributed by atoms with E-state index in [1.807, 2.05) is 6.92 Å². The van der Waals surface area contributed by atoms with Gasteiger partial charge in [-0.25, -0.2) is 0 Å². The van der Waals surface area contributed by atoms with E-state index in [0.717, 1.165) is 25.3 Å². The van der Waals surface area contributed by atoms with Crippen LogP contribution in [-0.2, 0) is 26.3 Å². The standard InChI is InChI=1S/C27H27F6N5O/c1-25(7-4-8-25)34-13-16-9-19-21(22(10-16)27(31,32)33)14-38(24(19)39)18-6-3-5-17(11-18)20(12-26(28,29)30)23-36-35-15-37(23)2/h3,5-6,9-11,15,20,34H,4,7-8,12-14H2,1-2H3. The van der Waals surface area contributed by atoms with Crippen LogP contribution < -0.4 is 10.2 Å². The van der Waals surface area contributed by atoms with Gasteiger partial charge in [-0.05, 0) is 67.1 Å². The Morgan fingerprint density at radius 1 is 1.10 bits per heavy atom. The molecule has 3 aromatic rings. The molecule has 1 atom stereocenters. The summed E-state index contributed by atoms with van der Waals surface area (Å²) in [6.07, 6.45) is -6.22. The number of benzene rings is 2. The highest BCUT2D eigenvalue weighted by atomic mass is 19.4. The van der Waals surface area contributed by atoms with Gasteiger partial charge in [-0.3, -0.25) is 4.79 Å². The fraction of sp³-hybridized carbons (Fsp3) is 0.444. The number of hydrogen-bond acceptors (Lipinski definition) is 4. The second kappa shape index (κ2) is 9.65. The molecule has 1 aromatic heterocycles. The van der Waals surface area contributed by atoms with Crippen LogP contribution in [0, 0.1) is 0 Å². The Kier molecular flexibility index (Phi) is 6.72. The van der Waals surface area contributed by atoms with E-state index in [4.69, 9.17) is 0 Å². The number of carbonyl (C=O) groups is 1. The number of nitrogens with one attached hydrogen (secondary N) is 1. The van der Waals surface area contributed by atoms with Gasteiger partial charge in [-0.15, -0.1) is 10.2 Å². The van der Waals surface area contributed by atoms with Crippen LogP contribution in [0.15, 0.2) is 42.7 Å². The van der Waals surface area contributed by atoms with Crippen molar-refractivity contribution in [2.45, 2.75) is 69.5 Å². The van der Waals surface area contributed by atoms with Crippen molar-refractivity contribution in [3.8, 4) is 0 Å². The molecule has 2 heterocycles. The third-order valence-corrected chi connectivity index (χ3v) is 7.66. The van der Waals surface area contributed by atoms with Crippen LogP contribution in [0.3, 0.4) is 0 Å². The number of fused-ring (bicyclic) bond motifs is 1. The lowest BCUT2D eigenvalue weighted by Gasteiger charge is -2.39. The zero-order valence-electron chi connectivity index (χ0n) is 21.3. The monoisotopic (exact) mass is 551 g/mol. The summed E-state index contributed by atoms with van der Waals surface area (Å²) >= 11 is 0. The molecule has 39 heavy (non-hydrogen) atoms. The van der Waals surface area contributed by atoms with Crippen LogP contribution in [0.1, 0.15) is 77.0 Å². The van der Waals surface area contributed by atoms with E-state index >= 15 is 0 Å². The highest BCUT2D eigenvalue weighted by molar-refractivity contribution is 6.10. The zero-order valence-corrected chi connectivity index (χ0v) is 21.3. The lowest BCUT2D eigenvalue weighted by atomic mass is 9.78. The molecule has 1 aliphatic heterocycles. The van der Waals surface area contributed by atoms with Gasteiger partial charge in [0.2, 0.25) is 0 Å². The van der Waals surface area contributed by atoms with E-state index in [9.17, 15) is 31.1 Å². The van der Waals surface area contributed by atoms with Crippen molar-refractivity contribution in [2.75, 3.05) is 4.90 Å². The molecule has 2 aliphatic rings. The highest BCUT2D eigenvalue weighted by Crippen LogP contribution is 2.41. The maximum atomic E-state index is 14.1. The average Bonchev–Trinajstić information content (AvgIpc) is 3.41. The first-order chi connectivity index (χ1) is 18.2. The van der Waals surface area contributed by atoms with Gasteiger partial charge in [0.05, 0.1) is 24.4 Å². The van der Waals surface area contributed by atoms with Gasteiger partial charge >= 0.3 is 12.4 Å². The Balaban J connectivity index is 1.48. The summed E-state index contributed by atoms with van der Waals surface area (Å²) in [4.78, 5) is 14.6. The number of hydrogen-bond donors (Lipinski definition) is 1. The third kappa shape index (κ3) is 5.52. The Morgan fingerprint density at radius 3 is 2.44 bits per heavy atom. The third-order valence-electron chi connectivity index (χ3n) is 7.66. The van der Waals surface area contributed by atoms with Gasteiger partial charge in [0.1, 0.15) is 12.2 Å². The molecule has 1 saturated carbocycles. The molecule has 0 saturated heterocycles. The molecular weight excluding hydrogens is 524 g/mol. The Hall–Kier alpha value is -3.41. The molecule has 5 rings (SSSR count). The summed E-state index contributed by atoms with van der Waals surface area (Å²) in [5.41, 5.74) is -0.425. The van der Waals surface area contributed by atoms with Crippen LogP contribution >= 0.6 is 0 Å². The van der Waals surface area contributed by atoms with E-state index in [1.54, 1.807) is 0 Å². The van der Waals surface area contributed by atoms with Crippen molar-refractivity contribution < 1.29 is 31.1 Å².